The Labute approximate surface area is 210 Å². The first kappa shape index (κ1) is 23.9. The van der Waals surface area contributed by atoms with E-state index in [4.69, 9.17) is 9.47 Å². The van der Waals surface area contributed by atoms with E-state index in [-0.39, 0.29) is 5.41 Å². The average Bonchev–Trinajstić information content (AvgIpc) is 2.92. The first-order chi connectivity index (χ1) is 17.3. The van der Waals surface area contributed by atoms with Gasteiger partial charge in [0.05, 0.1) is 13.7 Å². The summed E-state index contributed by atoms with van der Waals surface area (Å²) < 4.78 is 11.7. The Hall–Kier alpha value is -2.82. The first-order valence-corrected chi connectivity index (χ1v) is 13.1. The van der Waals surface area contributed by atoms with Crippen LogP contribution in [0.4, 0.5) is 0 Å². The molecule has 0 amide bonds. The van der Waals surface area contributed by atoms with Crippen molar-refractivity contribution < 1.29 is 9.47 Å². The molecule has 0 aromatic heterocycles. The summed E-state index contributed by atoms with van der Waals surface area (Å²) in [6.45, 7) is 6.18. The molecule has 4 heteroatoms. The van der Waals surface area contributed by atoms with E-state index in [1.54, 1.807) is 7.11 Å². The summed E-state index contributed by atoms with van der Waals surface area (Å²) in [5, 5.41) is 3.72. The second-order valence-electron chi connectivity index (χ2n) is 10.00. The molecule has 3 aromatic carbocycles. The highest BCUT2D eigenvalue weighted by Crippen LogP contribution is 2.41. The van der Waals surface area contributed by atoms with Crippen molar-refractivity contribution in [2.75, 3.05) is 39.9 Å². The van der Waals surface area contributed by atoms with Gasteiger partial charge in [-0.1, -0.05) is 55.0 Å². The van der Waals surface area contributed by atoms with Gasteiger partial charge in [0.15, 0.2) is 0 Å². The van der Waals surface area contributed by atoms with Crippen molar-refractivity contribution in [3.63, 3.8) is 0 Å². The summed E-state index contributed by atoms with van der Waals surface area (Å²) in [7, 11) is 1.72. The SMILES string of the molecule is COc1ccc(C2(Cc3ccccc3)CNCc3cc(OCCCN4CCCCC4)ccc32)cc1. The van der Waals surface area contributed by atoms with Gasteiger partial charge in [-0.3, -0.25) is 0 Å². The zero-order valence-electron chi connectivity index (χ0n) is 21.0. The Kier molecular flexibility index (Phi) is 7.70. The molecule has 1 unspecified atom stereocenters. The highest BCUT2D eigenvalue weighted by molar-refractivity contribution is 5.51. The van der Waals surface area contributed by atoms with E-state index in [2.05, 4.69) is 83.0 Å². The molecule has 5 rings (SSSR count). The lowest BCUT2D eigenvalue weighted by molar-refractivity contribution is 0.205. The predicted octanol–water partition coefficient (Wildman–Crippen LogP) is 5.58. The van der Waals surface area contributed by atoms with Gasteiger partial charge in [0.25, 0.3) is 0 Å². The zero-order chi connectivity index (χ0) is 23.9. The molecule has 0 radical (unpaired) electrons. The van der Waals surface area contributed by atoms with Gasteiger partial charge in [0.1, 0.15) is 11.5 Å². The average molecular weight is 471 g/mol. The number of hydrogen-bond acceptors (Lipinski definition) is 4. The lowest BCUT2D eigenvalue weighted by atomic mass is 9.67. The van der Waals surface area contributed by atoms with Gasteiger partial charge < -0.3 is 19.7 Å². The van der Waals surface area contributed by atoms with E-state index < -0.39 is 0 Å². The van der Waals surface area contributed by atoms with Crippen LogP contribution in [0.5, 0.6) is 11.5 Å². The maximum absolute atomic E-state index is 6.21. The van der Waals surface area contributed by atoms with Crippen LogP contribution >= 0.6 is 0 Å². The van der Waals surface area contributed by atoms with Gasteiger partial charge in [-0.15, -0.1) is 0 Å². The van der Waals surface area contributed by atoms with Crippen LogP contribution in [-0.2, 0) is 18.4 Å². The number of piperidine rings is 1. The Bertz CT molecular complexity index is 1080. The summed E-state index contributed by atoms with van der Waals surface area (Å²) in [5.74, 6) is 1.87. The third-order valence-corrected chi connectivity index (χ3v) is 7.66. The van der Waals surface area contributed by atoms with Gasteiger partial charge in [-0.25, -0.2) is 0 Å². The smallest absolute Gasteiger partial charge is 0.119 e. The number of hydrogen-bond donors (Lipinski definition) is 1. The van der Waals surface area contributed by atoms with Gasteiger partial charge in [0.2, 0.25) is 0 Å². The van der Waals surface area contributed by atoms with Crippen LogP contribution in [-0.4, -0.2) is 44.8 Å². The summed E-state index contributed by atoms with van der Waals surface area (Å²) in [5.41, 5.74) is 5.23. The molecule has 1 fully saturated rings. The third-order valence-electron chi connectivity index (χ3n) is 7.66. The molecule has 0 bridgehead atoms. The van der Waals surface area contributed by atoms with Gasteiger partial charge in [0, 0.05) is 25.0 Å². The van der Waals surface area contributed by atoms with E-state index in [0.717, 1.165) is 50.6 Å². The minimum absolute atomic E-state index is 0.145. The number of likely N-dealkylation sites (tertiary alicyclic amines) is 1. The number of rotatable bonds is 9. The first-order valence-electron chi connectivity index (χ1n) is 13.1. The lowest BCUT2D eigenvalue weighted by Crippen LogP contribution is -2.45. The molecule has 1 saturated heterocycles. The molecule has 0 spiro atoms. The highest BCUT2D eigenvalue weighted by Gasteiger charge is 2.38. The number of benzene rings is 3. The molecule has 0 aliphatic carbocycles. The van der Waals surface area contributed by atoms with Gasteiger partial charge in [-0.2, -0.15) is 0 Å². The van der Waals surface area contributed by atoms with Crippen molar-refractivity contribution in [3.8, 4) is 11.5 Å². The molecule has 3 aromatic rings. The monoisotopic (exact) mass is 470 g/mol. The number of nitrogens with zero attached hydrogens (tertiary/aromatic N) is 1. The van der Waals surface area contributed by atoms with Crippen LogP contribution in [0, 0.1) is 0 Å². The molecule has 1 N–H and O–H groups in total. The fraction of sp³-hybridized carbons (Fsp3) is 0.419. The predicted molar refractivity (Wildman–Crippen MR) is 142 cm³/mol. The molecule has 2 aliphatic rings. The third kappa shape index (κ3) is 5.55. The molecule has 4 nitrogen and oxygen atoms in total. The second kappa shape index (κ2) is 11.3. The summed E-state index contributed by atoms with van der Waals surface area (Å²) in [6.07, 6.45) is 6.10. The van der Waals surface area contributed by atoms with Crippen molar-refractivity contribution in [3.05, 3.63) is 95.1 Å². The van der Waals surface area contributed by atoms with E-state index in [9.17, 15) is 0 Å². The maximum atomic E-state index is 6.21. The summed E-state index contributed by atoms with van der Waals surface area (Å²) >= 11 is 0. The summed E-state index contributed by atoms with van der Waals surface area (Å²) in [4.78, 5) is 2.58. The zero-order valence-corrected chi connectivity index (χ0v) is 21.0. The minimum atomic E-state index is -0.145. The Morgan fingerprint density at radius 2 is 1.66 bits per heavy atom. The Morgan fingerprint density at radius 3 is 2.43 bits per heavy atom. The Balaban J connectivity index is 1.37. The fourth-order valence-corrected chi connectivity index (χ4v) is 5.81. The topological polar surface area (TPSA) is 33.7 Å². The van der Waals surface area contributed by atoms with Crippen molar-refractivity contribution in [2.45, 2.75) is 44.1 Å². The lowest BCUT2D eigenvalue weighted by Gasteiger charge is -2.41. The van der Waals surface area contributed by atoms with Crippen LogP contribution in [0.25, 0.3) is 0 Å². The summed E-state index contributed by atoms with van der Waals surface area (Å²) in [6, 6.07) is 26.2. The van der Waals surface area contributed by atoms with Gasteiger partial charge >= 0.3 is 0 Å². The molecule has 0 saturated carbocycles. The van der Waals surface area contributed by atoms with Crippen LogP contribution < -0.4 is 14.8 Å². The number of nitrogens with one attached hydrogen (secondary N) is 1. The van der Waals surface area contributed by atoms with Crippen molar-refractivity contribution in [1.29, 1.82) is 0 Å². The van der Waals surface area contributed by atoms with E-state index in [0.29, 0.717) is 0 Å². The molecule has 35 heavy (non-hydrogen) atoms. The molecule has 1 atom stereocenters. The van der Waals surface area contributed by atoms with Crippen molar-refractivity contribution >= 4 is 0 Å². The van der Waals surface area contributed by atoms with Crippen molar-refractivity contribution in [1.82, 2.24) is 10.2 Å². The maximum Gasteiger partial charge on any atom is 0.119 e. The number of ether oxygens (including phenoxy) is 2. The molecule has 184 valence electrons. The van der Waals surface area contributed by atoms with Crippen LogP contribution in [0.15, 0.2) is 72.8 Å². The molecular formula is C31H38N2O2. The normalized spacial score (nSPS) is 20.3. The highest BCUT2D eigenvalue weighted by atomic mass is 16.5. The molecule has 2 aliphatic heterocycles. The van der Waals surface area contributed by atoms with Crippen molar-refractivity contribution in [2.24, 2.45) is 0 Å². The number of methoxy groups -OCH3 is 1. The molecule has 2 heterocycles. The Morgan fingerprint density at radius 1 is 0.886 bits per heavy atom. The number of fused-ring (bicyclic) bond motifs is 1. The standard InChI is InChI=1S/C31H38N2O2/c1-34-28-13-11-27(12-14-28)31(22-25-9-4-2-5-10-25)24-32-23-26-21-29(15-16-30(26)31)35-20-8-19-33-17-6-3-7-18-33/h2,4-5,9-16,21,32H,3,6-8,17-20,22-24H2,1H3. The van der Waals surface area contributed by atoms with E-state index in [1.807, 2.05) is 0 Å². The quantitative estimate of drug-likeness (QED) is 0.414. The van der Waals surface area contributed by atoms with E-state index >= 15 is 0 Å². The minimum Gasteiger partial charge on any atom is -0.497 e. The fourth-order valence-electron chi connectivity index (χ4n) is 5.81. The van der Waals surface area contributed by atoms with Crippen LogP contribution in [0.1, 0.15) is 47.9 Å². The van der Waals surface area contributed by atoms with Crippen LogP contribution in [0.2, 0.25) is 0 Å². The van der Waals surface area contributed by atoms with E-state index in [1.165, 1.54) is 54.6 Å². The largest absolute Gasteiger partial charge is 0.497 e. The van der Waals surface area contributed by atoms with Crippen LogP contribution in [0.3, 0.4) is 0 Å². The molecular weight excluding hydrogens is 432 g/mol. The van der Waals surface area contributed by atoms with Gasteiger partial charge in [-0.05, 0) is 85.3 Å². The second-order valence-corrected chi connectivity index (χ2v) is 10.00.